The van der Waals surface area contributed by atoms with Crippen molar-refractivity contribution in [1.82, 2.24) is 5.32 Å². The van der Waals surface area contributed by atoms with E-state index in [2.05, 4.69) is 5.32 Å². The van der Waals surface area contributed by atoms with Gasteiger partial charge in [0, 0.05) is 0 Å². The van der Waals surface area contributed by atoms with Gasteiger partial charge in [0.1, 0.15) is 0 Å². The SMILES string of the molecule is CC1(C)OB(c2cccc([C@@H](NC(=O)C(F)(F)F)c3ccccc3)c2)OC1(C)C. The number of halogens is 3. The summed E-state index contributed by atoms with van der Waals surface area (Å²) in [6.45, 7) is 7.70. The van der Waals surface area contributed by atoms with E-state index in [1.807, 2.05) is 27.7 Å². The Hall–Kier alpha value is -2.32. The number of hydrogen-bond acceptors (Lipinski definition) is 3. The normalized spacial score (nSPS) is 19.1. The van der Waals surface area contributed by atoms with Crippen molar-refractivity contribution >= 4 is 18.5 Å². The first-order valence-electron chi connectivity index (χ1n) is 9.29. The third-order valence-electron chi connectivity index (χ3n) is 5.44. The van der Waals surface area contributed by atoms with Crippen LogP contribution in [-0.4, -0.2) is 30.4 Å². The fraction of sp³-hybridized carbons (Fsp3) is 0.381. The first-order valence-corrected chi connectivity index (χ1v) is 9.29. The van der Waals surface area contributed by atoms with Crippen LogP contribution in [0, 0.1) is 0 Å². The Bertz CT molecular complexity index is 868. The maximum absolute atomic E-state index is 12.9. The van der Waals surface area contributed by atoms with Gasteiger partial charge in [0.2, 0.25) is 0 Å². The van der Waals surface area contributed by atoms with Gasteiger partial charge in [-0.1, -0.05) is 54.6 Å². The molecule has 1 heterocycles. The zero-order valence-corrected chi connectivity index (χ0v) is 16.7. The van der Waals surface area contributed by atoms with E-state index in [0.717, 1.165) is 0 Å². The fourth-order valence-electron chi connectivity index (χ4n) is 3.08. The molecule has 0 unspecified atom stereocenters. The number of rotatable bonds is 4. The second kappa shape index (κ2) is 7.50. The maximum Gasteiger partial charge on any atom is 0.494 e. The number of carbonyl (C=O) groups excluding carboxylic acids is 1. The number of alkyl halides is 3. The van der Waals surface area contributed by atoms with E-state index in [0.29, 0.717) is 16.6 Å². The first-order chi connectivity index (χ1) is 13.4. The van der Waals surface area contributed by atoms with Gasteiger partial charge in [-0.2, -0.15) is 13.2 Å². The molecule has 0 spiro atoms. The van der Waals surface area contributed by atoms with Gasteiger partial charge in [0.25, 0.3) is 0 Å². The van der Waals surface area contributed by atoms with Gasteiger partial charge < -0.3 is 14.6 Å². The Morgan fingerprint density at radius 1 is 0.931 bits per heavy atom. The Morgan fingerprint density at radius 3 is 2.03 bits per heavy atom. The summed E-state index contributed by atoms with van der Waals surface area (Å²) >= 11 is 0. The smallest absolute Gasteiger partial charge is 0.399 e. The van der Waals surface area contributed by atoms with E-state index in [9.17, 15) is 18.0 Å². The predicted octanol–water partition coefficient (Wildman–Crippen LogP) is 3.75. The highest BCUT2D eigenvalue weighted by molar-refractivity contribution is 6.62. The molecule has 29 heavy (non-hydrogen) atoms. The van der Waals surface area contributed by atoms with Crippen LogP contribution in [0.15, 0.2) is 54.6 Å². The van der Waals surface area contributed by atoms with Gasteiger partial charge in [0.05, 0.1) is 17.2 Å². The van der Waals surface area contributed by atoms with E-state index in [1.54, 1.807) is 54.6 Å². The van der Waals surface area contributed by atoms with E-state index >= 15 is 0 Å². The molecule has 1 aliphatic rings. The molecular weight excluding hydrogens is 382 g/mol. The van der Waals surface area contributed by atoms with Crippen molar-refractivity contribution in [2.45, 2.75) is 51.1 Å². The number of carbonyl (C=O) groups is 1. The highest BCUT2D eigenvalue weighted by Gasteiger charge is 2.51. The van der Waals surface area contributed by atoms with Gasteiger partial charge in [-0.15, -0.1) is 0 Å². The van der Waals surface area contributed by atoms with Crippen LogP contribution >= 0.6 is 0 Å². The molecule has 0 radical (unpaired) electrons. The Labute approximate surface area is 168 Å². The van der Waals surface area contributed by atoms with Crippen LogP contribution in [-0.2, 0) is 14.1 Å². The number of benzene rings is 2. The lowest BCUT2D eigenvalue weighted by Crippen LogP contribution is -2.41. The Morgan fingerprint density at radius 2 is 1.48 bits per heavy atom. The molecule has 0 aromatic heterocycles. The molecule has 8 heteroatoms. The molecule has 154 valence electrons. The minimum atomic E-state index is -4.98. The zero-order chi connectivity index (χ0) is 21.4. The van der Waals surface area contributed by atoms with E-state index in [4.69, 9.17) is 9.31 Å². The van der Waals surface area contributed by atoms with Crippen molar-refractivity contribution in [2.75, 3.05) is 0 Å². The first kappa shape index (κ1) is 21.4. The van der Waals surface area contributed by atoms with Crippen LogP contribution < -0.4 is 10.8 Å². The lowest BCUT2D eigenvalue weighted by molar-refractivity contribution is -0.174. The van der Waals surface area contributed by atoms with Crippen molar-refractivity contribution in [3.63, 3.8) is 0 Å². The summed E-state index contributed by atoms with van der Waals surface area (Å²) in [4.78, 5) is 11.6. The average Bonchev–Trinajstić information content (AvgIpc) is 2.87. The average molecular weight is 405 g/mol. The van der Waals surface area contributed by atoms with Crippen LogP contribution in [0.25, 0.3) is 0 Å². The van der Waals surface area contributed by atoms with E-state index in [-0.39, 0.29) is 0 Å². The van der Waals surface area contributed by atoms with Crippen LogP contribution in [0.3, 0.4) is 0 Å². The minimum absolute atomic E-state index is 0.501. The number of nitrogens with one attached hydrogen (secondary N) is 1. The monoisotopic (exact) mass is 405 g/mol. The fourth-order valence-corrected chi connectivity index (χ4v) is 3.08. The van der Waals surface area contributed by atoms with Crippen LogP contribution in [0.2, 0.25) is 0 Å². The predicted molar refractivity (Wildman–Crippen MR) is 105 cm³/mol. The van der Waals surface area contributed by atoms with Crippen molar-refractivity contribution in [1.29, 1.82) is 0 Å². The summed E-state index contributed by atoms with van der Waals surface area (Å²) in [5.41, 5.74) is 0.620. The summed E-state index contributed by atoms with van der Waals surface area (Å²) < 4.78 is 50.7. The lowest BCUT2D eigenvalue weighted by Gasteiger charge is -2.32. The van der Waals surface area contributed by atoms with Crippen molar-refractivity contribution < 1.29 is 27.3 Å². The highest BCUT2D eigenvalue weighted by atomic mass is 19.4. The highest BCUT2D eigenvalue weighted by Crippen LogP contribution is 2.36. The van der Waals surface area contributed by atoms with Crippen molar-refractivity contribution in [2.24, 2.45) is 0 Å². The molecule has 4 nitrogen and oxygen atoms in total. The quantitative estimate of drug-likeness (QED) is 0.789. The molecule has 0 aliphatic carbocycles. The van der Waals surface area contributed by atoms with Crippen molar-refractivity contribution in [3.05, 3.63) is 65.7 Å². The molecule has 0 saturated carbocycles. The topological polar surface area (TPSA) is 47.6 Å². The van der Waals surface area contributed by atoms with Gasteiger partial charge in [-0.3, -0.25) is 4.79 Å². The van der Waals surface area contributed by atoms with Crippen LogP contribution in [0.4, 0.5) is 13.2 Å². The summed E-state index contributed by atoms with van der Waals surface area (Å²) in [5.74, 6) is -1.99. The molecule has 1 N–H and O–H groups in total. The summed E-state index contributed by atoms with van der Waals surface area (Å²) in [7, 11) is -0.658. The van der Waals surface area contributed by atoms with Crippen molar-refractivity contribution in [3.8, 4) is 0 Å². The maximum atomic E-state index is 12.9. The largest absolute Gasteiger partial charge is 0.494 e. The summed E-state index contributed by atoms with van der Waals surface area (Å²) in [6, 6.07) is 14.4. The standard InChI is InChI=1S/C21H23BF3NO3/c1-19(2)20(3,4)29-22(28-19)16-12-8-11-15(13-16)17(14-9-6-5-7-10-14)26-18(27)21(23,24)25/h5-13,17H,1-4H3,(H,26,27)/t17-/m0/s1. The third kappa shape index (κ3) is 4.48. The molecule has 2 aromatic carbocycles. The number of amides is 1. The molecule has 2 aromatic rings. The van der Waals surface area contributed by atoms with Gasteiger partial charge in [-0.05, 0) is 44.3 Å². The van der Waals surface area contributed by atoms with Gasteiger partial charge in [-0.25, -0.2) is 0 Å². The minimum Gasteiger partial charge on any atom is -0.399 e. The molecular formula is C21H23BF3NO3. The van der Waals surface area contributed by atoms with Gasteiger partial charge >= 0.3 is 19.2 Å². The molecule has 1 atom stereocenters. The lowest BCUT2D eigenvalue weighted by atomic mass is 9.77. The summed E-state index contributed by atoms with van der Waals surface area (Å²) in [5, 5.41) is 2.09. The third-order valence-corrected chi connectivity index (χ3v) is 5.44. The molecule has 1 amide bonds. The van der Waals surface area contributed by atoms with E-state index < -0.39 is 36.4 Å². The summed E-state index contributed by atoms with van der Waals surface area (Å²) in [6.07, 6.45) is -4.98. The van der Waals surface area contributed by atoms with Crippen LogP contribution in [0.1, 0.15) is 44.9 Å². The number of hydrogen-bond donors (Lipinski definition) is 1. The molecule has 1 fully saturated rings. The van der Waals surface area contributed by atoms with Gasteiger partial charge in [0.15, 0.2) is 0 Å². The zero-order valence-electron chi connectivity index (χ0n) is 16.7. The molecule has 0 bridgehead atoms. The Kier molecular flexibility index (Phi) is 5.53. The molecule has 3 rings (SSSR count). The molecule has 1 saturated heterocycles. The second-order valence-electron chi connectivity index (χ2n) is 8.07. The molecule has 1 aliphatic heterocycles. The van der Waals surface area contributed by atoms with Crippen LogP contribution in [0.5, 0.6) is 0 Å². The second-order valence-corrected chi connectivity index (χ2v) is 8.07. The van der Waals surface area contributed by atoms with E-state index in [1.165, 1.54) is 0 Å². The Balaban J connectivity index is 1.95.